The summed E-state index contributed by atoms with van der Waals surface area (Å²) < 4.78 is 12.5. The molecule has 0 radical (unpaired) electrons. The zero-order valence-corrected chi connectivity index (χ0v) is 9.14. The van der Waals surface area contributed by atoms with Crippen molar-refractivity contribution in [3.63, 3.8) is 0 Å². The number of carbonyl (C=O) groups is 1. The van der Waals surface area contributed by atoms with Gasteiger partial charge in [0, 0.05) is 13.1 Å². The number of nitrogens with two attached hydrogens (primary N) is 1. The zero-order valence-electron chi connectivity index (χ0n) is 9.14. The fraction of sp³-hybridized carbons (Fsp3) is 0.900. The fourth-order valence-electron chi connectivity index (χ4n) is 1.70. The first-order valence-corrected chi connectivity index (χ1v) is 4.93. The van der Waals surface area contributed by atoms with Crippen LogP contribution in [0.1, 0.15) is 27.2 Å². The molecule has 1 aliphatic rings. The lowest BCUT2D eigenvalue weighted by molar-refractivity contribution is -0.136. The van der Waals surface area contributed by atoms with E-state index in [1.807, 2.05) is 0 Å². The lowest BCUT2D eigenvalue weighted by Gasteiger charge is -2.27. The predicted molar refractivity (Wildman–Crippen MR) is 53.5 cm³/mol. The van der Waals surface area contributed by atoms with Gasteiger partial charge in [0.05, 0.1) is 0 Å². The van der Waals surface area contributed by atoms with E-state index < -0.39 is 12.2 Å². The Hall–Kier alpha value is -0.640. The first-order valence-electron chi connectivity index (χ1n) is 4.93. The number of alkyl halides is 1. The Balaban J connectivity index is 2.65. The van der Waals surface area contributed by atoms with Gasteiger partial charge in [-0.05, 0) is 18.8 Å². The van der Waals surface area contributed by atoms with Crippen LogP contribution < -0.4 is 5.73 Å². The molecule has 4 heteroatoms. The molecule has 14 heavy (non-hydrogen) atoms. The van der Waals surface area contributed by atoms with E-state index in [2.05, 4.69) is 13.8 Å². The molecule has 0 saturated carbocycles. The monoisotopic (exact) mass is 202 g/mol. The highest BCUT2D eigenvalue weighted by Crippen LogP contribution is 2.29. The Morgan fingerprint density at radius 1 is 1.64 bits per heavy atom. The highest BCUT2D eigenvalue weighted by atomic mass is 19.1. The molecule has 1 rings (SSSR count). The molecule has 1 aliphatic heterocycles. The Bertz CT molecular complexity index is 238. The van der Waals surface area contributed by atoms with Crippen molar-refractivity contribution in [2.24, 2.45) is 11.1 Å². The van der Waals surface area contributed by atoms with Gasteiger partial charge in [0.2, 0.25) is 5.91 Å². The van der Waals surface area contributed by atoms with Crippen molar-refractivity contribution in [3.8, 4) is 0 Å². The van der Waals surface area contributed by atoms with E-state index in [4.69, 9.17) is 5.73 Å². The minimum atomic E-state index is -1.35. The second kappa shape index (κ2) is 3.50. The summed E-state index contributed by atoms with van der Waals surface area (Å²) in [5.41, 5.74) is 4.36. The van der Waals surface area contributed by atoms with Gasteiger partial charge >= 0.3 is 0 Å². The van der Waals surface area contributed by atoms with Crippen molar-refractivity contribution in [2.45, 2.75) is 32.7 Å². The van der Waals surface area contributed by atoms with E-state index in [0.29, 0.717) is 13.1 Å². The molecule has 1 saturated heterocycles. The van der Waals surface area contributed by atoms with Crippen molar-refractivity contribution in [3.05, 3.63) is 0 Å². The summed E-state index contributed by atoms with van der Waals surface area (Å²) in [6.07, 6.45) is 0.959. The first kappa shape index (κ1) is 11.4. The molecule has 2 N–H and O–H groups in total. The molecule has 0 aromatic heterocycles. The topological polar surface area (TPSA) is 46.3 Å². The normalized spacial score (nSPS) is 24.8. The molecule has 1 unspecified atom stereocenters. The van der Waals surface area contributed by atoms with Gasteiger partial charge in [-0.25, -0.2) is 4.39 Å². The Kier molecular flexibility index (Phi) is 2.86. The first-order chi connectivity index (χ1) is 6.28. The maximum Gasteiger partial charge on any atom is 0.245 e. The van der Waals surface area contributed by atoms with Crippen LogP contribution in [0.25, 0.3) is 0 Å². The van der Waals surface area contributed by atoms with Gasteiger partial charge in [-0.15, -0.1) is 0 Å². The van der Waals surface area contributed by atoms with E-state index in [1.165, 1.54) is 6.92 Å². The van der Waals surface area contributed by atoms with Gasteiger partial charge in [-0.2, -0.15) is 0 Å². The summed E-state index contributed by atoms with van der Waals surface area (Å²) in [6, 6.07) is 0. The third-order valence-electron chi connectivity index (χ3n) is 2.73. The molecule has 1 fully saturated rings. The van der Waals surface area contributed by atoms with Crippen LogP contribution in [-0.4, -0.2) is 36.1 Å². The van der Waals surface area contributed by atoms with Crippen molar-refractivity contribution >= 4 is 5.91 Å². The van der Waals surface area contributed by atoms with Crippen molar-refractivity contribution < 1.29 is 9.18 Å². The molecule has 0 bridgehead atoms. The molecule has 0 aromatic rings. The SMILES string of the molecule is CC1(C)CCN(C(=O)C(C)(N)CF)C1. The quantitative estimate of drug-likeness (QED) is 0.724. The molecule has 1 heterocycles. The van der Waals surface area contributed by atoms with Gasteiger partial charge in [-0.1, -0.05) is 13.8 Å². The number of nitrogens with zero attached hydrogens (tertiary/aromatic N) is 1. The van der Waals surface area contributed by atoms with Crippen LogP contribution >= 0.6 is 0 Å². The zero-order chi connectivity index (χ0) is 11.0. The molecule has 0 spiro atoms. The van der Waals surface area contributed by atoms with Gasteiger partial charge in [0.1, 0.15) is 12.2 Å². The molecule has 1 amide bonds. The van der Waals surface area contributed by atoms with Gasteiger partial charge in [0.15, 0.2) is 0 Å². The standard InChI is InChI=1S/C10H19FN2O/c1-9(2)4-5-13(7-9)8(14)10(3,12)6-11/h4-7,12H2,1-3H3. The summed E-state index contributed by atoms with van der Waals surface area (Å²) in [5, 5.41) is 0. The van der Waals surface area contributed by atoms with Crippen molar-refractivity contribution in [1.82, 2.24) is 4.90 Å². The average molecular weight is 202 g/mol. The van der Waals surface area contributed by atoms with Crippen LogP contribution in [0, 0.1) is 5.41 Å². The second-order valence-corrected chi connectivity index (χ2v) is 5.19. The van der Waals surface area contributed by atoms with Crippen LogP contribution in [0.4, 0.5) is 4.39 Å². The Labute approximate surface area is 84.4 Å². The number of halogens is 1. The van der Waals surface area contributed by atoms with E-state index in [0.717, 1.165) is 6.42 Å². The number of rotatable bonds is 2. The number of carbonyl (C=O) groups excluding carboxylic acids is 1. The number of hydrogen-bond acceptors (Lipinski definition) is 2. The molecule has 1 atom stereocenters. The van der Waals surface area contributed by atoms with Crippen molar-refractivity contribution in [2.75, 3.05) is 19.8 Å². The van der Waals surface area contributed by atoms with E-state index >= 15 is 0 Å². The lowest BCUT2D eigenvalue weighted by Crippen LogP contribution is -2.54. The second-order valence-electron chi connectivity index (χ2n) is 5.19. The van der Waals surface area contributed by atoms with Crippen LogP contribution in [0.5, 0.6) is 0 Å². The third-order valence-corrected chi connectivity index (χ3v) is 2.73. The smallest absolute Gasteiger partial charge is 0.245 e. The van der Waals surface area contributed by atoms with Crippen LogP contribution in [0.3, 0.4) is 0 Å². The minimum absolute atomic E-state index is 0.141. The predicted octanol–water partition coefficient (Wildman–Crippen LogP) is 0.932. The highest BCUT2D eigenvalue weighted by Gasteiger charge is 2.39. The highest BCUT2D eigenvalue weighted by molar-refractivity contribution is 5.86. The number of likely N-dealkylation sites (tertiary alicyclic amines) is 1. The average Bonchev–Trinajstić information content (AvgIpc) is 2.44. The molecule has 0 aromatic carbocycles. The molecule has 3 nitrogen and oxygen atoms in total. The summed E-state index contributed by atoms with van der Waals surface area (Å²) in [6.45, 7) is 6.22. The van der Waals surface area contributed by atoms with Gasteiger partial charge in [-0.3, -0.25) is 4.79 Å². The molecular weight excluding hydrogens is 183 g/mol. The largest absolute Gasteiger partial charge is 0.340 e. The molecule has 82 valence electrons. The third kappa shape index (κ3) is 2.23. The Morgan fingerprint density at radius 2 is 2.21 bits per heavy atom. The number of hydrogen-bond donors (Lipinski definition) is 1. The summed E-state index contributed by atoms with van der Waals surface area (Å²) >= 11 is 0. The van der Waals surface area contributed by atoms with E-state index in [-0.39, 0.29) is 11.3 Å². The summed E-state index contributed by atoms with van der Waals surface area (Å²) in [7, 11) is 0. The van der Waals surface area contributed by atoms with Gasteiger partial charge in [0.25, 0.3) is 0 Å². The van der Waals surface area contributed by atoms with Crippen molar-refractivity contribution in [1.29, 1.82) is 0 Å². The maximum atomic E-state index is 12.5. The Morgan fingerprint density at radius 3 is 2.57 bits per heavy atom. The summed E-state index contributed by atoms with van der Waals surface area (Å²) in [4.78, 5) is 13.4. The minimum Gasteiger partial charge on any atom is -0.340 e. The van der Waals surface area contributed by atoms with Gasteiger partial charge < -0.3 is 10.6 Å². The van der Waals surface area contributed by atoms with E-state index in [9.17, 15) is 9.18 Å². The van der Waals surface area contributed by atoms with Crippen LogP contribution in [0.15, 0.2) is 0 Å². The van der Waals surface area contributed by atoms with E-state index in [1.54, 1.807) is 4.90 Å². The summed E-state index contributed by atoms with van der Waals surface area (Å²) in [5.74, 6) is -0.273. The molecule has 0 aliphatic carbocycles. The number of amides is 1. The fourth-order valence-corrected chi connectivity index (χ4v) is 1.70. The lowest BCUT2D eigenvalue weighted by atomic mass is 9.93. The molecular formula is C10H19FN2O. The van der Waals surface area contributed by atoms with Crippen LogP contribution in [0.2, 0.25) is 0 Å². The van der Waals surface area contributed by atoms with Crippen LogP contribution in [-0.2, 0) is 4.79 Å². The maximum absolute atomic E-state index is 12.5.